The van der Waals surface area contributed by atoms with E-state index < -0.39 is 11.7 Å². The Bertz CT molecular complexity index is 773. The first kappa shape index (κ1) is 18.1. The van der Waals surface area contributed by atoms with Crippen LogP contribution in [0.1, 0.15) is 16.8 Å². The molecule has 0 aliphatic heterocycles. The molecule has 0 atom stereocenters. The summed E-state index contributed by atoms with van der Waals surface area (Å²) in [4.78, 5) is 29.6. The topological polar surface area (TPSA) is 74.8 Å². The number of alkyl halides is 3. The zero-order chi connectivity index (χ0) is 17.7. The number of nitrogens with zero attached hydrogens (tertiary/aromatic N) is 1. The predicted molar refractivity (Wildman–Crippen MR) is 83.6 cm³/mol. The molecule has 1 aromatic heterocycles. The number of carbonyl (C=O) groups excluding carboxylic acids is 1. The SMILES string of the molecule is CNC(=O)Cc1cc(=O)[nH]c(SCc2ccc(C(F)(F)F)cc2)n1. The maximum Gasteiger partial charge on any atom is 0.416 e. The number of nitrogens with one attached hydrogen (secondary N) is 2. The Hall–Kier alpha value is -2.29. The highest BCUT2D eigenvalue weighted by molar-refractivity contribution is 7.98. The van der Waals surface area contributed by atoms with Crippen LogP contribution in [0.25, 0.3) is 0 Å². The van der Waals surface area contributed by atoms with Crippen molar-refractivity contribution in [3.8, 4) is 0 Å². The Morgan fingerprint density at radius 1 is 1.29 bits per heavy atom. The number of halogens is 3. The fourth-order valence-corrected chi connectivity index (χ4v) is 2.69. The van der Waals surface area contributed by atoms with E-state index in [1.807, 2.05) is 0 Å². The molecule has 2 aromatic rings. The summed E-state index contributed by atoms with van der Waals surface area (Å²) in [6, 6.07) is 6.00. The van der Waals surface area contributed by atoms with Crippen LogP contribution in [0, 0.1) is 0 Å². The second-order valence-corrected chi connectivity index (χ2v) is 5.84. The Morgan fingerprint density at radius 3 is 2.54 bits per heavy atom. The number of carbonyl (C=O) groups is 1. The number of hydrogen-bond donors (Lipinski definition) is 2. The second-order valence-electron chi connectivity index (χ2n) is 4.88. The van der Waals surface area contributed by atoms with Crippen LogP contribution in [-0.4, -0.2) is 22.9 Å². The molecular formula is C15H14F3N3O2S. The summed E-state index contributed by atoms with van der Waals surface area (Å²) in [5.74, 6) is 0.0663. The molecule has 0 aliphatic rings. The Labute approximate surface area is 139 Å². The van der Waals surface area contributed by atoms with Gasteiger partial charge in [-0.3, -0.25) is 9.59 Å². The summed E-state index contributed by atoms with van der Waals surface area (Å²) in [5.41, 5.74) is -0.116. The van der Waals surface area contributed by atoms with Crippen molar-refractivity contribution in [3.05, 3.63) is 57.5 Å². The fourth-order valence-electron chi connectivity index (χ4n) is 1.84. The lowest BCUT2D eigenvalue weighted by Crippen LogP contribution is -2.22. The first-order valence-corrected chi connectivity index (χ1v) is 7.86. The van der Waals surface area contributed by atoms with Gasteiger partial charge in [0, 0.05) is 18.9 Å². The molecule has 0 fully saturated rings. The molecule has 0 saturated heterocycles. The quantitative estimate of drug-likeness (QED) is 0.636. The minimum atomic E-state index is -4.37. The number of benzene rings is 1. The zero-order valence-electron chi connectivity index (χ0n) is 12.6. The average molecular weight is 357 g/mol. The van der Waals surface area contributed by atoms with Gasteiger partial charge in [0.1, 0.15) is 0 Å². The summed E-state index contributed by atoms with van der Waals surface area (Å²) in [7, 11) is 1.48. The van der Waals surface area contributed by atoms with Crippen molar-refractivity contribution in [3.63, 3.8) is 0 Å². The van der Waals surface area contributed by atoms with Gasteiger partial charge in [-0.05, 0) is 17.7 Å². The molecule has 2 rings (SSSR count). The van der Waals surface area contributed by atoms with Gasteiger partial charge in [-0.2, -0.15) is 13.2 Å². The highest BCUT2D eigenvalue weighted by Crippen LogP contribution is 2.29. The number of aromatic nitrogens is 2. The maximum absolute atomic E-state index is 12.5. The van der Waals surface area contributed by atoms with Crippen molar-refractivity contribution in [2.75, 3.05) is 7.05 Å². The number of rotatable bonds is 5. The first-order chi connectivity index (χ1) is 11.3. The van der Waals surface area contributed by atoms with Gasteiger partial charge < -0.3 is 10.3 Å². The molecule has 24 heavy (non-hydrogen) atoms. The summed E-state index contributed by atoms with van der Waals surface area (Å²) in [5, 5.41) is 2.74. The van der Waals surface area contributed by atoms with Crippen molar-refractivity contribution in [2.45, 2.75) is 23.5 Å². The third-order valence-electron chi connectivity index (χ3n) is 3.05. The van der Waals surface area contributed by atoms with Crippen molar-refractivity contribution in [1.82, 2.24) is 15.3 Å². The number of likely N-dealkylation sites (N-methyl/N-ethyl adjacent to an activating group) is 1. The van der Waals surface area contributed by atoms with E-state index in [2.05, 4.69) is 15.3 Å². The zero-order valence-corrected chi connectivity index (χ0v) is 13.4. The Balaban J connectivity index is 2.06. The molecule has 0 aliphatic carbocycles. The molecule has 128 valence electrons. The van der Waals surface area contributed by atoms with Crippen molar-refractivity contribution in [2.24, 2.45) is 0 Å². The normalized spacial score (nSPS) is 11.3. The average Bonchev–Trinajstić information content (AvgIpc) is 2.52. The van der Waals surface area contributed by atoms with Gasteiger partial charge in [0.05, 0.1) is 17.7 Å². The van der Waals surface area contributed by atoms with Gasteiger partial charge in [-0.25, -0.2) is 4.98 Å². The maximum atomic E-state index is 12.5. The van der Waals surface area contributed by atoms with E-state index >= 15 is 0 Å². The third kappa shape index (κ3) is 5.12. The van der Waals surface area contributed by atoms with Gasteiger partial charge in [0.15, 0.2) is 5.16 Å². The smallest absolute Gasteiger partial charge is 0.359 e. The van der Waals surface area contributed by atoms with E-state index in [0.717, 1.165) is 12.1 Å². The largest absolute Gasteiger partial charge is 0.416 e. The highest BCUT2D eigenvalue weighted by Gasteiger charge is 2.29. The van der Waals surface area contributed by atoms with Gasteiger partial charge >= 0.3 is 6.18 Å². The van der Waals surface area contributed by atoms with Gasteiger partial charge in [-0.1, -0.05) is 23.9 Å². The molecule has 0 radical (unpaired) electrons. The highest BCUT2D eigenvalue weighted by atomic mass is 32.2. The van der Waals surface area contributed by atoms with E-state index in [1.54, 1.807) is 0 Å². The van der Waals surface area contributed by atoms with Crippen LogP contribution in [0.4, 0.5) is 13.2 Å². The van der Waals surface area contributed by atoms with Crippen LogP contribution in [0.2, 0.25) is 0 Å². The lowest BCUT2D eigenvalue weighted by molar-refractivity contribution is -0.137. The van der Waals surface area contributed by atoms with Crippen LogP contribution in [-0.2, 0) is 23.1 Å². The van der Waals surface area contributed by atoms with Gasteiger partial charge in [0.2, 0.25) is 5.91 Å². The van der Waals surface area contributed by atoms with Crippen LogP contribution >= 0.6 is 11.8 Å². The molecule has 0 unspecified atom stereocenters. The fraction of sp³-hybridized carbons (Fsp3) is 0.267. The lowest BCUT2D eigenvalue weighted by Gasteiger charge is -2.07. The number of H-pyrrole nitrogens is 1. The van der Waals surface area contributed by atoms with E-state index in [9.17, 15) is 22.8 Å². The van der Waals surface area contributed by atoms with Crippen molar-refractivity contribution in [1.29, 1.82) is 0 Å². The first-order valence-electron chi connectivity index (χ1n) is 6.87. The van der Waals surface area contributed by atoms with E-state index in [1.165, 1.54) is 37.0 Å². The molecule has 1 amide bonds. The summed E-state index contributed by atoms with van der Waals surface area (Å²) in [6.45, 7) is 0. The van der Waals surface area contributed by atoms with Crippen LogP contribution in [0.5, 0.6) is 0 Å². The number of thioether (sulfide) groups is 1. The standard InChI is InChI=1S/C15H14F3N3O2S/c1-19-12(22)6-11-7-13(23)21-14(20-11)24-8-9-2-4-10(5-3-9)15(16,17)18/h2-5,7H,6,8H2,1H3,(H,19,22)(H,20,21,23). The van der Waals surface area contributed by atoms with E-state index in [4.69, 9.17) is 0 Å². The molecule has 0 saturated carbocycles. The Kier molecular flexibility index (Phi) is 5.66. The molecular weight excluding hydrogens is 343 g/mol. The van der Waals surface area contributed by atoms with Crippen molar-refractivity contribution < 1.29 is 18.0 Å². The molecule has 5 nitrogen and oxygen atoms in total. The van der Waals surface area contributed by atoms with Gasteiger partial charge in [-0.15, -0.1) is 0 Å². The number of aromatic amines is 1. The summed E-state index contributed by atoms with van der Waals surface area (Å²) >= 11 is 1.17. The second kappa shape index (κ2) is 7.52. The van der Waals surface area contributed by atoms with Crippen LogP contribution < -0.4 is 10.9 Å². The van der Waals surface area contributed by atoms with E-state index in [-0.39, 0.29) is 17.9 Å². The summed E-state index contributed by atoms with van der Waals surface area (Å²) < 4.78 is 37.5. The lowest BCUT2D eigenvalue weighted by atomic mass is 10.1. The molecule has 0 spiro atoms. The van der Waals surface area contributed by atoms with Crippen molar-refractivity contribution >= 4 is 17.7 Å². The molecule has 0 bridgehead atoms. The van der Waals surface area contributed by atoms with Crippen LogP contribution in [0.15, 0.2) is 40.3 Å². The molecule has 9 heteroatoms. The minimum Gasteiger partial charge on any atom is -0.359 e. The Morgan fingerprint density at radius 2 is 1.96 bits per heavy atom. The molecule has 2 N–H and O–H groups in total. The van der Waals surface area contributed by atoms with Crippen LogP contribution in [0.3, 0.4) is 0 Å². The number of hydrogen-bond acceptors (Lipinski definition) is 4. The minimum absolute atomic E-state index is 0.0196. The van der Waals surface area contributed by atoms with Gasteiger partial charge in [0.25, 0.3) is 5.56 Å². The summed E-state index contributed by atoms with van der Waals surface area (Å²) in [6.07, 6.45) is -4.39. The predicted octanol–water partition coefficient (Wildman–Crippen LogP) is 2.37. The molecule has 1 heterocycles. The molecule has 1 aromatic carbocycles. The van der Waals surface area contributed by atoms with E-state index in [0.29, 0.717) is 22.2 Å². The number of amides is 1. The third-order valence-corrected chi connectivity index (χ3v) is 3.99. The monoisotopic (exact) mass is 357 g/mol.